The van der Waals surface area contributed by atoms with Crippen LogP contribution in [0.25, 0.3) is 0 Å². The summed E-state index contributed by atoms with van der Waals surface area (Å²) in [6.45, 7) is 0.0486. The number of aryl methyl sites for hydroxylation is 1. The van der Waals surface area contributed by atoms with Crippen molar-refractivity contribution in [2.24, 2.45) is 0 Å². The fraction of sp³-hybridized carbons (Fsp3) is 0.150. The summed E-state index contributed by atoms with van der Waals surface area (Å²) < 4.78 is 32.4. The molecule has 0 radical (unpaired) electrons. The molecule has 0 atom stereocenters. The standard InChI is InChI=1S/C20H19ClN2O4S/c21-16-9-6-15(7-10-16)8-11-20(24)23-17-3-1-5-19(13-17)28(25,26)22-14-18-4-2-12-27-18/h1-7,9-10,12-13,22H,8,11,14H2,(H,23,24). The molecule has 0 bridgehead atoms. The third-order valence-corrected chi connectivity index (χ3v) is 5.65. The van der Waals surface area contributed by atoms with Crippen molar-refractivity contribution in [2.75, 3.05) is 5.32 Å². The maximum absolute atomic E-state index is 12.4. The second kappa shape index (κ2) is 9.05. The lowest BCUT2D eigenvalue weighted by atomic mass is 10.1. The largest absolute Gasteiger partial charge is 0.468 e. The highest BCUT2D eigenvalue weighted by atomic mass is 35.5. The summed E-state index contributed by atoms with van der Waals surface area (Å²) in [5, 5.41) is 3.38. The van der Waals surface area contributed by atoms with E-state index in [0.29, 0.717) is 22.9 Å². The van der Waals surface area contributed by atoms with Crippen molar-refractivity contribution in [2.45, 2.75) is 24.3 Å². The van der Waals surface area contributed by atoms with Gasteiger partial charge in [0.05, 0.1) is 17.7 Å². The van der Waals surface area contributed by atoms with Crippen LogP contribution in [0.1, 0.15) is 17.7 Å². The van der Waals surface area contributed by atoms with Gasteiger partial charge in [-0.3, -0.25) is 4.79 Å². The van der Waals surface area contributed by atoms with Crippen molar-refractivity contribution in [3.8, 4) is 0 Å². The first-order valence-corrected chi connectivity index (χ1v) is 10.4. The van der Waals surface area contributed by atoms with E-state index in [2.05, 4.69) is 10.0 Å². The van der Waals surface area contributed by atoms with Crippen LogP contribution in [0, 0.1) is 0 Å². The highest BCUT2D eigenvalue weighted by molar-refractivity contribution is 7.89. The minimum absolute atomic E-state index is 0.0486. The zero-order chi connectivity index (χ0) is 20.0. The summed E-state index contributed by atoms with van der Waals surface area (Å²) in [4.78, 5) is 12.2. The molecule has 0 saturated carbocycles. The molecule has 1 aromatic heterocycles. The van der Waals surface area contributed by atoms with Crippen molar-refractivity contribution < 1.29 is 17.6 Å². The van der Waals surface area contributed by atoms with Crippen LogP contribution >= 0.6 is 11.6 Å². The minimum Gasteiger partial charge on any atom is -0.468 e. The maximum Gasteiger partial charge on any atom is 0.241 e. The molecule has 0 aliphatic rings. The van der Waals surface area contributed by atoms with Crippen molar-refractivity contribution >= 4 is 33.2 Å². The lowest BCUT2D eigenvalue weighted by Gasteiger charge is -2.09. The molecule has 2 N–H and O–H groups in total. The Morgan fingerprint density at radius 2 is 1.82 bits per heavy atom. The Kier molecular flexibility index (Phi) is 6.51. The molecule has 1 heterocycles. The molecule has 3 rings (SSSR count). The number of halogens is 1. The molecule has 0 fully saturated rings. The van der Waals surface area contributed by atoms with Crippen molar-refractivity contribution in [1.82, 2.24) is 4.72 Å². The normalized spacial score (nSPS) is 11.3. The van der Waals surface area contributed by atoms with Gasteiger partial charge in [-0.25, -0.2) is 13.1 Å². The van der Waals surface area contributed by atoms with Crippen LogP contribution in [0.3, 0.4) is 0 Å². The Labute approximate surface area is 168 Å². The average molecular weight is 419 g/mol. The topological polar surface area (TPSA) is 88.4 Å². The molecule has 0 unspecified atom stereocenters. The molecule has 0 aliphatic heterocycles. The number of nitrogens with one attached hydrogen (secondary N) is 2. The van der Waals surface area contributed by atoms with E-state index in [1.807, 2.05) is 12.1 Å². The second-order valence-electron chi connectivity index (χ2n) is 6.11. The molecule has 28 heavy (non-hydrogen) atoms. The van der Waals surface area contributed by atoms with E-state index >= 15 is 0 Å². The Morgan fingerprint density at radius 3 is 2.54 bits per heavy atom. The maximum atomic E-state index is 12.4. The quantitative estimate of drug-likeness (QED) is 0.579. The predicted octanol–water partition coefficient (Wildman–Crippen LogP) is 3.98. The van der Waals surface area contributed by atoms with Crippen LogP contribution in [0.2, 0.25) is 5.02 Å². The summed E-state index contributed by atoms with van der Waals surface area (Å²) in [5.41, 5.74) is 1.42. The summed E-state index contributed by atoms with van der Waals surface area (Å²) in [7, 11) is -3.73. The molecular formula is C20H19ClN2O4S. The monoisotopic (exact) mass is 418 g/mol. The highest BCUT2D eigenvalue weighted by Crippen LogP contribution is 2.17. The van der Waals surface area contributed by atoms with Crippen LogP contribution < -0.4 is 10.0 Å². The average Bonchev–Trinajstić information content (AvgIpc) is 3.20. The molecule has 1 amide bonds. The van der Waals surface area contributed by atoms with Gasteiger partial charge in [-0.1, -0.05) is 29.8 Å². The van der Waals surface area contributed by atoms with Crippen LogP contribution in [0.15, 0.2) is 76.2 Å². The third kappa shape index (κ3) is 5.69. The zero-order valence-corrected chi connectivity index (χ0v) is 16.5. The van der Waals surface area contributed by atoms with E-state index in [1.165, 1.54) is 18.4 Å². The number of hydrogen-bond donors (Lipinski definition) is 2. The predicted molar refractivity (Wildman–Crippen MR) is 108 cm³/mol. The van der Waals surface area contributed by atoms with Crippen molar-refractivity contribution in [1.29, 1.82) is 0 Å². The van der Waals surface area contributed by atoms with E-state index in [9.17, 15) is 13.2 Å². The SMILES string of the molecule is O=C(CCc1ccc(Cl)cc1)Nc1cccc(S(=O)(=O)NCc2ccco2)c1. The molecule has 6 nitrogen and oxygen atoms in total. The number of sulfonamides is 1. The van der Waals surface area contributed by atoms with E-state index in [4.69, 9.17) is 16.0 Å². The number of carbonyl (C=O) groups excluding carboxylic acids is 1. The van der Waals surface area contributed by atoms with Gasteiger partial charge < -0.3 is 9.73 Å². The lowest BCUT2D eigenvalue weighted by molar-refractivity contribution is -0.116. The fourth-order valence-electron chi connectivity index (χ4n) is 2.54. The van der Waals surface area contributed by atoms with E-state index in [-0.39, 0.29) is 23.8 Å². The van der Waals surface area contributed by atoms with Gasteiger partial charge in [-0.2, -0.15) is 0 Å². The van der Waals surface area contributed by atoms with Crippen molar-refractivity contribution in [3.63, 3.8) is 0 Å². The molecule has 0 saturated heterocycles. The number of anilines is 1. The summed E-state index contributed by atoms with van der Waals surface area (Å²) >= 11 is 5.85. The summed E-state index contributed by atoms with van der Waals surface area (Å²) in [6.07, 6.45) is 2.31. The summed E-state index contributed by atoms with van der Waals surface area (Å²) in [6, 6.07) is 16.8. The van der Waals surface area contributed by atoms with E-state index in [0.717, 1.165) is 5.56 Å². The van der Waals surface area contributed by atoms with Crippen molar-refractivity contribution in [3.05, 3.63) is 83.3 Å². The van der Waals surface area contributed by atoms with E-state index < -0.39 is 10.0 Å². The van der Waals surface area contributed by atoms with Crippen LogP contribution in [0.5, 0.6) is 0 Å². The molecule has 0 spiro atoms. The molecule has 8 heteroatoms. The van der Waals surface area contributed by atoms with Gasteiger partial charge in [0, 0.05) is 17.1 Å². The van der Waals surface area contributed by atoms with E-state index in [1.54, 1.807) is 36.4 Å². The molecule has 146 valence electrons. The molecular weight excluding hydrogens is 400 g/mol. The van der Waals surface area contributed by atoms with Crippen LogP contribution in [-0.4, -0.2) is 14.3 Å². The van der Waals surface area contributed by atoms with Gasteiger partial charge >= 0.3 is 0 Å². The first-order chi connectivity index (χ1) is 13.4. The number of carbonyl (C=O) groups is 1. The Balaban J connectivity index is 1.58. The third-order valence-electron chi connectivity index (χ3n) is 4.00. The number of rotatable bonds is 8. The Hall–Kier alpha value is -2.61. The van der Waals surface area contributed by atoms with Gasteiger partial charge in [-0.15, -0.1) is 0 Å². The van der Waals surface area contributed by atoms with Gasteiger partial charge in [0.15, 0.2) is 0 Å². The first kappa shape index (κ1) is 20.1. The zero-order valence-electron chi connectivity index (χ0n) is 14.9. The molecule has 3 aromatic rings. The summed E-state index contributed by atoms with van der Waals surface area (Å²) in [5.74, 6) is 0.309. The minimum atomic E-state index is -3.73. The van der Waals surface area contributed by atoms with Crippen LogP contribution in [-0.2, 0) is 27.8 Å². The van der Waals surface area contributed by atoms with Gasteiger partial charge in [-0.05, 0) is 54.4 Å². The molecule has 2 aromatic carbocycles. The number of furan rings is 1. The number of hydrogen-bond acceptors (Lipinski definition) is 4. The fourth-order valence-corrected chi connectivity index (χ4v) is 3.70. The second-order valence-corrected chi connectivity index (χ2v) is 8.31. The van der Waals surface area contributed by atoms with Gasteiger partial charge in [0.1, 0.15) is 5.76 Å². The lowest BCUT2D eigenvalue weighted by Crippen LogP contribution is -2.23. The number of benzene rings is 2. The van der Waals surface area contributed by atoms with Gasteiger partial charge in [0.2, 0.25) is 15.9 Å². The highest BCUT2D eigenvalue weighted by Gasteiger charge is 2.15. The number of amides is 1. The van der Waals surface area contributed by atoms with Gasteiger partial charge in [0.25, 0.3) is 0 Å². The molecule has 0 aliphatic carbocycles. The smallest absolute Gasteiger partial charge is 0.241 e. The van der Waals surface area contributed by atoms with Crippen LogP contribution in [0.4, 0.5) is 5.69 Å². The first-order valence-electron chi connectivity index (χ1n) is 8.59. The Morgan fingerprint density at radius 1 is 1.04 bits per heavy atom. The Bertz CT molecular complexity index is 1030.